The molecule has 0 spiro atoms. The minimum absolute atomic E-state index is 0.00717. The molecule has 1 aromatic heterocycles. The molecule has 0 saturated heterocycles. The van der Waals surface area contributed by atoms with Crippen LogP contribution in [-0.4, -0.2) is 10.9 Å². The van der Waals surface area contributed by atoms with E-state index < -0.39 is 0 Å². The van der Waals surface area contributed by atoms with Gasteiger partial charge in [-0.05, 0) is 43.5 Å². The van der Waals surface area contributed by atoms with Gasteiger partial charge in [-0.25, -0.2) is 4.98 Å². The number of fused-ring (bicyclic) bond motifs is 1. The van der Waals surface area contributed by atoms with Gasteiger partial charge in [0, 0.05) is 27.1 Å². The number of nitrogens with one attached hydrogen (secondary N) is 1. The zero-order valence-electron chi connectivity index (χ0n) is 13.5. The number of hydrogen-bond donors (Lipinski definition) is 1. The number of thiazole rings is 1. The lowest BCUT2D eigenvalue weighted by molar-refractivity contribution is -0.120. The first-order valence-electron chi connectivity index (χ1n) is 8.29. The van der Waals surface area contributed by atoms with E-state index in [1.54, 1.807) is 23.5 Å². The van der Waals surface area contributed by atoms with E-state index in [1.807, 2.05) is 30.3 Å². The number of nitrogens with zero attached hydrogens (tertiary/aromatic N) is 1. The summed E-state index contributed by atoms with van der Waals surface area (Å²) < 4.78 is 0. The lowest BCUT2D eigenvalue weighted by Crippen LogP contribution is -2.27. The Labute approximate surface area is 155 Å². The molecule has 0 fully saturated rings. The normalized spacial score (nSPS) is 16.3. The quantitative estimate of drug-likeness (QED) is 0.689. The van der Waals surface area contributed by atoms with Crippen molar-refractivity contribution >= 4 is 34.5 Å². The van der Waals surface area contributed by atoms with Crippen LogP contribution in [-0.2, 0) is 17.6 Å². The summed E-state index contributed by atoms with van der Waals surface area (Å²) in [7, 11) is 0. The lowest BCUT2D eigenvalue weighted by Gasteiger charge is -2.20. The average Bonchev–Trinajstić information content (AvgIpc) is 3.07. The molecule has 1 atom stereocenters. The van der Waals surface area contributed by atoms with Gasteiger partial charge in [0.05, 0.1) is 5.69 Å². The van der Waals surface area contributed by atoms with Crippen LogP contribution in [0.1, 0.15) is 17.0 Å². The van der Waals surface area contributed by atoms with Crippen LogP contribution >= 0.6 is 22.9 Å². The highest BCUT2D eigenvalue weighted by atomic mass is 35.5. The average molecular weight is 369 g/mol. The SMILES string of the molecule is O=C(Nc1ccc(Cl)cc1)C1CCc2nc(-c3ccccc3)sc2C1. The van der Waals surface area contributed by atoms with Crippen LogP contribution in [0.5, 0.6) is 0 Å². The Morgan fingerprint density at radius 2 is 1.88 bits per heavy atom. The van der Waals surface area contributed by atoms with Crippen molar-refractivity contribution in [2.24, 2.45) is 5.92 Å². The van der Waals surface area contributed by atoms with Crippen LogP contribution in [0, 0.1) is 5.92 Å². The van der Waals surface area contributed by atoms with E-state index in [1.165, 1.54) is 4.88 Å². The molecule has 1 N–H and O–H groups in total. The zero-order valence-corrected chi connectivity index (χ0v) is 15.1. The van der Waals surface area contributed by atoms with Gasteiger partial charge in [0.2, 0.25) is 5.91 Å². The fraction of sp³-hybridized carbons (Fsp3) is 0.200. The van der Waals surface area contributed by atoms with Crippen molar-refractivity contribution in [3.05, 3.63) is 70.2 Å². The third-order valence-corrected chi connectivity index (χ3v) is 5.86. The van der Waals surface area contributed by atoms with Crippen molar-refractivity contribution in [1.29, 1.82) is 0 Å². The summed E-state index contributed by atoms with van der Waals surface area (Å²) in [6.45, 7) is 0. The highest BCUT2D eigenvalue weighted by Crippen LogP contribution is 2.35. The molecule has 25 heavy (non-hydrogen) atoms. The molecule has 126 valence electrons. The van der Waals surface area contributed by atoms with Gasteiger partial charge < -0.3 is 5.32 Å². The molecule has 0 bridgehead atoms. The maximum absolute atomic E-state index is 12.6. The van der Waals surface area contributed by atoms with Gasteiger partial charge in [-0.15, -0.1) is 11.3 Å². The molecule has 0 saturated carbocycles. The molecule has 4 rings (SSSR count). The number of amides is 1. The summed E-state index contributed by atoms with van der Waals surface area (Å²) in [4.78, 5) is 18.6. The van der Waals surface area contributed by atoms with E-state index in [-0.39, 0.29) is 11.8 Å². The summed E-state index contributed by atoms with van der Waals surface area (Å²) in [6, 6.07) is 17.4. The van der Waals surface area contributed by atoms with Crippen LogP contribution in [0.4, 0.5) is 5.69 Å². The molecular weight excluding hydrogens is 352 g/mol. The Kier molecular flexibility index (Phi) is 4.55. The van der Waals surface area contributed by atoms with Crippen molar-refractivity contribution in [2.75, 3.05) is 5.32 Å². The van der Waals surface area contributed by atoms with Crippen molar-refractivity contribution in [3.8, 4) is 10.6 Å². The molecule has 1 heterocycles. The second-order valence-corrected chi connectivity index (χ2v) is 7.71. The topological polar surface area (TPSA) is 42.0 Å². The molecule has 1 aliphatic carbocycles. The molecule has 0 aliphatic heterocycles. The van der Waals surface area contributed by atoms with Crippen molar-refractivity contribution in [1.82, 2.24) is 4.98 Å². The Morgan fingerprint density at radius 3 is 2.64 bits per heavy atom. The minimum Gasteiger partial charge on any atom is -0.326 e. The molecule has 1 unspecified atom stereocenters. The number of benzene rings is 2. The number of rotatable bonds is 3. The first-order chi connectivity index (χ1) is 12.2. The summed E-state index contributed by atoms with van der Waals surface area (Å²) >= 11 is 7.60. The van der Waals surface area contributed by atoms with E-state index >= 15 is 0 Å². The molecule has 1 aliphatic rings. The molecule has 5 heteroatoms. The summed E-state index contributed by atoms with van der Waals surface area (Å²) in [6.07, 6.45) is 2.46. The standard InChI is InChI=1S/C20H17ClN2OS/c21-15-7-9-16(10-8-15)22-19(24)14-6-11-17-18(12-14)25-20(23-17)13-4-2-1-3-5-13/h1-5,7-10,14H,6,11-12H2,(H,22,24). The number of carbonyl (C=O) groups is 1. The molecule has 1 amide bonds. The zero-order chi connectivity index (χ0) is 17.2. The van der Waals surface area contributed by atoms with Gasteiger partial charge in [0.25, 0.3) is 0 Å². The number of aryl methyl sites for hydroxylation is 1. The highest BCUT2D eigenvalue weighted by molar-refractivity contribution is 7.15. The third kappa shape index (κ3) is 3.60. The van der Waals surface area contributed by atoms with Gasteiger partial charge >= 0.3 is 0 Å². The van der Waals surface area contributed by atoms with Gasteiger partial charge in [0.15, 0.2) is 0 Å². The lowest BCUT2D eigenvalue weighted by atomic mass is 9.90. The van der Waals surface area contributed by atoms with Crippen LogP contribution in [0.15, 0.2) is 54.6 Å². The Bertz CT molecular complexity index is 890. The predicted molar refractivity (Wildman–Crippen MR) is 103 cm³/mol. The smallest absolute Gasteiger partial charge is 0.227 e. The van der Waals surface area contributed by atoms with Crippen molar-refractivity contribution in [2.45, 2.75) is 19.3 Å². The van der Waals surface area contributed by atoms with Crippen molar-refractivity contribution < 1.29 is 4.79 Å². The Balaban J connectivity index is 1.48. The van der Waals surface area contributed by atoms with Crippen molar-refractivity contribution in [3.63, 3.8) is 0 Å². The fourth-order valence-electron chi connectivity index (χ4n) is 3.08. The maximum atomic E-state index is 12.6. The molecule has 2 aromatic carbocycles. The monoisotopic (exact) mass is 368 g/mol. The molecule has 3 aromatic rings. The van der Waals surface area contributed by atoms with E-state index in [4.69, 9.17) is 16.6 Å². The number of anilines is 1. The summed E-state index contributed by atoms with van der Waals surface area (Å²) in [5.74, 6) is 0.0647. The van der Waals surface area contributed by atoms with Crippen LogP contribution in [0.25, 0.3) is 10.6 Å². The second-order valence-electron chi connectivity index (χ2n) is 6.19. The van der Waals surface area contributed by atoms with Crippen LogP contribution in [0.3, 0.4) is 0 Å². The molecule has 3 nitrogen and oxygen atoms in total. The largest absolute Gasteiger partial charge is 0.326 e. The second kappa shape index (κ2) is 6.98. The molecular formula is C20H17ClN2OS. The van der Waals surface area contributed by atoms with Crippen LogP contribution < -0.4 is 5.32 Å². The van der Waals surface area contributed by atoms with Gasteiger partial charge in [-0.3, -0.25) is 4.79 Å². The number of halogens is 1. The van der Waals surface area contributed by atoms with Crippen LogP contribution in [0.2, 0.25) is 5.02 Å². The molecule has 0 radical (unpaired) electrons. The first kappa shape index (κ1) is 16.3. The van der Waals surface area contributed by atoms with Gasteiger partial charge in [-0.1, -0.05) is 41.9 Å². The number of hydrogen-bond acceptors (Lipinski definition) is 3. The minimum atomic E-state index is -0.00717. The van der Waals surface area contributed by atoms with E-state index in [0.29, 0.717) is 5.02 Å². The summed E-state index contributed by atoms with van der Waals surface area (Å²) in [5, 5.41) is 4.71. The van der Waals surface area contributed by atoms with Gasteiger partial charge in [0.1, 0.15) is 5.01 Å². The third-order valence-electron chi connectivity index (χ3n) is 4.44. The fourth-order valence-corrected chi connectivity index (χ4v) is 4.40. The number of carbonyl (C=O) groups excluding carboxylic acids is 1. The van der Waals surface area contributed by atoms with E-state index in [9.17, 15) is 4.79 Å². The van der Waals surface area contributed by atoms with Gasteiger partial charge in [-0.2, -0.15) is 0 Å². The van der Waals surface area contributed by atoms with E-state index in [2.05, 4.69) is 17.4 Å². The predicted octanol–water partition coefficient (Wildman–Crippen LogP) is 5.21. The Morgan fingerprint density at radius 1 is 1.12 bits per heavy atom. The Hall–Kier alpha value is -2.17. The summed E-state index contributed by atoms with van der Waals surface area (Å²) in [5.41, 5.74) is 3.08. The highest BCUT2D eigenvalue weighted by Gasteiger charge is 2.27. The number of aromatic nitrogens is 1. The van der Waals surface area contributed by atoms with E-state index in [0.717, 1.165) is 41.2 Å². The first-order valence-corrected chi connectivity index (χ1v) is 9.49. The maximum Gasteiger partial charge on any atom is 0.227 e.